The second kappa shape index (κ2) is 9.78. The maximum atomic E-state index is 9.75. The third-order valence-corrected chi connectivity index (χ3v) is 8.01. The van der Waals surface area contributed by atoms with E-state index in [-0.39, 0.29) is 10.9 Å². The molecular formula is C21H19BF4O3S2. The normalized spacial score (nSPS) is 12.7. The topological polar surface area (TPSA) is 27.7 Å². The molecule has 0 bridgehead atoms. The molecule has 0 atom stereocenters. The highest BCUT2D eigenvalue weighted by Gasteiger charge is 2.41. The van der Waals surface area contributed by atoms with Gasteiger partial charge in [-0.3, -0.25) is 0 Å². The predicted molar refractivity (Wildman–Crippen MR) is 115 cm³/mol. The van der Waals surface area contributed by atoms with Crippen LogP contribution in [-0.4, -0.2) is 28.6 Å². The van der Waals surface area contributed by atoms with E-state index in [4.69, 9.17) is 14.2 Å². The Kier molecular flexibility index (Phi) is 7.32. The number of methoxy groups -OCH3 is 3. The summed E-state index contributed by atoms with van der Waals surface area (Å²) < 4.78 is 55.9. The van der Waals surface area contributed by atoms with E-state index in [1.807, 2.05) is 17.8 Å². The number of ether oxygens (including phenoxy) is 3. The minimum atomic E-state index is -6.00. The van der Waals surface area contributed by atoms with E-state index in [0.717, 1.165) is 10.6 Å². The summed E-state index contributed by atoms with van der Waals surface area (Å²) in [6, 6.07) is 21.2. The molecule has 1 aliphatic heterocycles. The molecule has 3 aromatic carbocycles. The minimum Gasteiger partial charge on any atom is -0.493 e. The number of rotatable bonds is 4. The number of benzene rings is 3. The fraction of sp³-hybridized carbons (Fsp3) is 0.143. The Morgan fingerprint density at radius 3 is 1.58 bits per heavy atom. The van der Waals surface area contributed by atoms with E-state index in [9.17, 15) is 17.3 Å². The molecule has 1 heterocycles. The van der Waals surface area contributed by atoms with Gasteiger partial charge in [0.2, 0.25) is 16.4 Å². The Bertz CT molecular complexity index is 1010. The van der Waals surface area contributed by atoms with Crippen LogP contribution in [0.2, 0.25) is 0 Å². The number of hydrogen-bond donors (Lipinski definition) is 0. The molecule has 0 spiro atoms. The van der Waals surface area contributed by atoms with Crippen LogP contribution in [-0.2, 0) is 10.9 Å². The first-order valence-corrected chi connectivity index (χ1v) is 11.1. The second-order valence-corrected chi connectivity index (χ2v) is 9.14. The van der Waals surface area contributed by atoms with Crippen LogP contribution in [0.25, 0.3) is 0 Å². The molecule has 0 aromatic heterocycles. The smallest absolute Gasteiger partial charge is 0.493 e. The van der Waals surface area contributed by atoms with Gasteiger partial charge in [-0.2, -0.15) is 0 Å². The van der Waals surface area contributed by atoms with E-state index in [1.54, 1.807) is 21.3 Å². The van der Waals surface area contributed by atoms with Crippen LogP contribution >= 0.6 is 11.8 Å². The average Bonchev–Trinajstić information content (AvgIpc) is 2.75. The molecule has 0 unspecified atom stereocenters. The van der Waals surface area contributed by atoms with Gasteiger partial charge in [-0.15, -0.1) is 0 Å². The molecular weight excluding hydrogens is 451 g/mol. The van der Waals surface area contributed by atoms with Crippen molar-refractivity contribution in [2.45, 2.75) is 24.5 Å². The quantitative estimate of drug-likeness (QED) is 0.192. The summed E-state index contributed by atoms with van der Waals surface area (Å²) in [5, 5.41) is 0. The maximum absolute atomic E-state index is 9.75. The van der Waals surface area contributed by atoms with E-state index in [2.05, 4.69) is 54.6 Å². The van der Waals surface area contributed by atoms with Gasteiger partial charge in [0.25, 0.3) is 0 Å². The predicted octanol–water partition coefficient (Wildman–Crippen LogP) is 6.57. The lowest BCUT2D eigenvalue weighted by Gasteiger charge is -2.21. The lowest BCUT2D eigenvalue weighted by molar-refractivity contribution is 0.319. The molecule has 0 saturated carbocycles. The summed E-state index contributed by atoms with van der Waals surface area (Å²) in [5.41, 5.74) is 0. The van der Waals surface area contributed by atoms with Gasteiger partial charge < -0.3 is 31.5 Å². The number of hydrogen-bond acceptors (Lipinski definition) is 4. The first-order valence-electron chi connectivity index (χ1n) is 9.05. The summed E-state index contributed by atoms with van der Waals surface area (Å²) >= 11 is 1.82. The zero-order valence-corrected chi connectivity index (χ0v) is 18.5. The van der Waals surface area contributed by atoms with Crippen LogP contribution in [0.4, 0.5) is 17.3 Å². The molecule has 31 heavy (non-hydrogen) atoms. The summed E-state index contributed by atoms with van der Waals surface area (Å²) in [6.07, 6.45) is 0. The molecule has 164 valence electrons. The fourth-order valence-electron chi connectivity index (χ4n) is 3.11. The lowest BCUT2D eigenvalue weighted by Crippen LogP contribution is -2.12. The van der Waals surface area contributed by atoms with Crippen molar-refractivity contribution in [3.63, 3.8) is 0 Å². The van der Waals surface area contributed by atoms with Crippen LogP contribution in [0.15, 0.2) is 85.1 Å². The molecule has 0 fully saturated rings. The zero-order chi connectivity index (χ0) is 22.6. The van der Waals surface area contributed by atoms with E-state index >= 15 is 0 Å². The zero-order valence-electron chi connectivity index (χ0n) is 16.9. The van der Waals surface area contributed by atoms with Crippen molar-refractivity contribution in [3.05, 3.63) is 60.7 Å². The van der Waals surface area contributed by atoms with E-state index < -0.39 is 7.25 Å². The van der Waals surface area contributed by atoms with Gasteiger partial charge in [0.05, 0.1) is 31.1 Å². The van der Waals surface area contributed by atoms with Crippen LogP contribution in [0.3, 0.4) is 0 Å². The molecule has 1 aliphatic rings. The third kappa shape index (κ3) is 5.24. The van der Waals surface area contributed by atoms with Crippen molar-refractivity contribution in [2.24, 2.45) is 0 Å². The van der Waals surface area contributed by atoms with Gasteiger partial charge in [-0.25, -0.2) is 0 Å². The van der Waals surface area contributed by atoms with Crippen molar-refractivity contribution in [1.82, 2.24) is 0 Å². The van der Waals surface area contributed by atoms with Gasteiger partial charge >= 0.3 is 7.25 Å². The van der Waals surface area contributed by atoms with Gasteiger partial charge in [-0.05, 0) is 30.3 Å². The van der Waals surface area contributed by atoms with Crippen molar-refractivity contribution in [2.75, 3.05) is 21.3 Å². The Morgan fingerprint density at radius 1 is 0.645 bits per heavy atom. The summed E-state index contributed by atoms with van der Waals surface area (Å²) in [4.78, 5) is 6.28. The minimum absolute atomic E-state index is 0.273. The Labute approximate surface area is 185 Å². The van der Waals surface area contributed by atoms with Gasteiger partial charge in [0.1, 0.15) is 10.9 Å². The van der Waals surface area contributed by atoms with Gasteiger partial charge in [-0.1, -0.05) is 36.0 Å². The lowest BCUT2D eigenvalue weighted by atomic mass is 10.3. The van der Waals surface area contributed by atoms with Crippen LogP contribution in [0.5, 0.6) is 17.2 Å². The van der Waals surface area contributed by atoms with Crippen molar-refractivity contribution in [1.29, 1.82) is 0 Å². The Morgan fingerprint density at radius 2 is 1.13 bits per heavy atom. The molecule has 3 aromatic rings. The number of halogens is 4. The van der Waals surface area contributed by atoms with Crippen LogP contribution in [0, 0.1) is 0 Å². The third-order valence-electron chi connectivity index (χ3n) is 4.25. The molecule has 0 saturated heterocycles. The standard InChI is InChI=1S/C21H19O3S2.BF4/c1-22-14-12-13-19(21(24-3)20(14)23-2)26-17-10-6-4-8-15(17)25-16-9-5-7-11-18(16)26;2-1(3,4)5/h4-13H,1-3H3;/q+1;-1. The molecule has 0 aliphatic carbocycles. The Hall–Kier alpha value is -2.46. The Balaban J connectivity index is 0.000000491. The average molecular weight is 470 g/mol. The fourth-order valence-corrected chi connectivity index (χ4v) is 6.98. The monoisotopic (exact) mass is 470 g/mol. The van der Waals surface area contributed by atoms with Crippen LogP contribution in [0.1, 0.15) is 0 Å². The maximum Gasteiger partial charge on any atom is 0.673 e. The highest BCUT2D eigenvalue weighted by molar-refractivity contribution is 8.04. The van der Waals surface area contributed by atoms with Crippen molar-refractivity contribution >= 4 is 29.9 Å². The summed E-state index contributed by atoms with van der Waals surface area (Å²) in [6.45, 7) is 0. The number of fused-ring (bicyclic) bond motifs is 2. The molecule has 0 N–H and O–H groups in total. The van der Waals surface area contributed by atoms with E-state index in [1.165, 1.54) is 19.6 Å². The van der Waals surface area contributed by atoms with Gasteiger partial charge in [0, 0.05) is 6.07 Å². The molecule has 3 nitrogen and oxygen atoms in total. The largest absolute Gasteiger partial charge is 0.673 e. The summed E-state index contributed by atoms with van der Waals surface area (Å²) in [5.74, 6) is 2.03. The highest BCUT2D eigenvalue weighted by Crippen LogP contribution is 2.52. The first kappa shape index (κ1) is 23.2. The first-order chi connectivity index (χ1) is 14.8. The SMILES string of the molecule is COc1ccc([S+]2c3ccccc3Sc3ccccc32)c(OC)c1OC.F[B-](F)(F)F. The molecule has 10 heteroatoms. The van der Waals surface area contributed by atoms with E-state index in [0.29, 0.717) is 11.5 Å². The highest BCUT2D eigenvalue weighted by atomic mass is 32.2. The van der Waals surface area contributed by atoms with Crippen molar-refractivity contribution in [3.8, 4) is 17.2 Å². The van der Waals surface area contributed by atoms with Gasteiger partial charge in [0.15, 0.2) is 15.5 Å². The molecule has 4 rings (SSSR count). The summed E-state index contributed by atoms with van der Waals surface area (Å²) in [7, 11) is -1.31. The van der Waals surface area contributed by atoms with Crippen LogP contribution < -0.4 is 14.2 Å². The van der Waals surface area contributed by atoms with Crippen molar-refractivity contribution < 1.29 is 31.5 Å². The molecule has 0 amide bonds. The second-order valence-electron chi connectivity index (χ2n) is 6.13. The molecule has 0 radical (unpaired) electrons.